The van der Waals surface area contributed by atoms with Crippen LogP contribution in [0.25, 0.3) is 0 Å². The van der Waals surface area contributed by atoms with Crippen LogP contribution >= 0.6 is 0 Å². The van der Waals surface area contributed by atoms with Crippen LogP contribution in [-0.4, -0.2) is 24.9 Å². The van der Waals surface area contributed by atoms with Gasteiger partial charge in [-0.05, 0) is 43.4 Å². The molecule has 1 aromatic carbocycles. The summed E-state index contributed by atoms with van der Waals surface area (Å²) >= 11 is 0. The second-order valence-electron chi connectivity index (χ2n) is 5.92. The highest BCUT2D eigenvalue weighted by Gasteiger charge is 2.48. The van der Waals surface area contributed by atoms with E-state index in [4.69, 9.17) is 0 Å². The minimum absolute atomic E-state index is 0.00153. The minimum atomic E-state index is -0.347. The predicted octanol–water partition coefficient (Wildman–Crippen LogP) is 1.87. The van der Waals surface area contributed by atoms with Gasteiger partial charge < -0.3 is 10.2 Å². The Hall–Kier alpha value is -1.84. The van der Waals surface area contributed by atoms with Gasteiger partial charge in [0.05, 0.1) is 0 Å². The molecule has 1 N–H and O–H groups in total. The summed E-state index contributed by atoms with van der Waals surface area (Å²) in [6, 6.07) is 7.52. The van der Waals surface area contributed by atoms with Gasteiger partial charge in [0.1, 0.15) is 6.04 Å². The summed E-state index contributed by atoms with van der Waals surface area (Å²) in [6.07, 6.45) is 2.95. The third-order valence-electron chi connectivity index (χ3n) is 4.62. The molecule has 0 aromatic heterocycles. The zero-order valence-corrected chi connectivity index (χ0v) is 11.9. The highest BCUT2D eigenvalue weighted by Crippen LogP contribution is 2.39. The van der Waals surface area contributed by atoms with Gasteiger partial charge in [-0.1, -0.05) is 18.6 Å². The molecule has 2 amide bonds. The van der Waals surface area contributed by atoms with Crippen molar-refractivity contribution >= 4 is 17.5 Å². The normalized spacial score (nSPS) is 28.1. The van der Waals surface area contributed by atoms with Crippen molar-refractivity contribution in [3.8, 4) is 0 Å². The molecule has 0 spiro atoms. The molecular formula is C16H20N2O2. The average Bonchev–Trinajstić information content (AvgIpc) is 3.02. The standard InChI is InChI=1S/C16H20N2O2/c1-10-5-3-6-11(9-10)18(2)16(20)14-12-7-4-8-13(12)15(19)17-14/h3,5-6,9,12-14H,4,7-8H2,1-2H3,(H,17,19)/t12-,13+,14-/m0/s1. The van der Waals surface area contributed by atoms with E-state index >= 15 is 0 Å². The molecule has 1 saturated heterocycles. The molecule has 1 heterocycles. The van der Waals surface area contributed by atoms with Crippen LogP contribution in [-0.2, 0) is 9.59 Å². The minimum Gasteiger partial charge on any atom is -0.344 e. The fourth-order valence-corrected chi connectivity index (χ4v) is 3.50. The third kappa shape index (κ3) is 2.09. The van der Waals surface area contributed by atoms with Crippen molar-refractivity contribution in [2.24, 2.45) is 11.8 Å². The molecule has 4 heteroatoms. The fraction of sp³-hybridized carbons (Fsp3) is 0.500. The Balaban J connectivity index is 1.80. The SMILES string of the molecule is Cc1cccc(N(C)C(=O)[C@H]2NC(=O)[C@@H]3CCC[C@H]23)c1. The monoisotopic (exact) mass is 272 g/mol. The van der Waals surface area contributed by atoms with E-state index in [0.29, 0.717) is 0 Å². The van der Waals surface area contributed by atoms with Crippen LogP contribution in [0.3, 0.4) is 0 Å². The van der Waals surface area contributed by atoms with E-state index in [0.717, 1.165) is 30.5 Å². The van der Waals surface area contributed by atoms with Gasteiger partial charge in [-0.15, -0.1) is 0 Å². The molecule has 0 unspecified atom stereocenters. The molecule has 1 aliphatic heterocycles. The van der Waals surface area contributed by atoms with Gasteiger partial charge in [0.15, 0.2) is 0 Å². The highest BCUT2D eigenvalue weighted by atomic mass is 16.2. The Morgan fingerprint density at radius 1 is 1.35 bits per heavy atom. The maximum atomic E-state index is 12.7. The van der Waals surface area contributed by atoms with Crippen molar-refractivity contribution in [1.29, 1.82) is 0 Å². The summed E-state index contributed by atoms with van der Waals surface area (Å²) in [5.41, 5.74) is 2.00. The summed E-state index contributed by atoms with van der Waals surface area (Å²) < 4.78 is 0. The van der Waals surface area contributed by atoms with Gasteiger partial charge in [-0.3, -0.25) is 9.59 Å². The molecule has 1 aliphatic carbocycles. The fourth-order valence-electron chi connectivity index (χ4n) is 3.50. The van der Waals surface area contributed by atoms with Crippen molar-refractivity contribution in [1.82, 2.24) is 5.32 Å². The van der Waals surface area contributed by atoms with Crippen LogP contribution in [0, 0.1) is 18.8 Å². The van der Waals surface area contributed by atoms with Crippen molar-refractivity contribution in [3.05, 3.63) is 29.8 Å². The first-order valence-electron chi connectivity index (χ1n) is 7.22. The summed E-state index contributed by atoms with van der Waals surface area (Å²) in [5.74, 6) is 0.291. The van der Waals surface area contributed by atoms with Gasteiger partial charge in [-0.2, -0.15) is 0 Å². The second kappa shape index (κ2) is 4.93. The molecule has 2 aliphatic rings. The lowest BCUT2D eigenvalue weighted by Crippen LogP contribution is -2.45. The maximum Gasteiger partial charge on any atom is 0.249 e. The number of hydrogen-bond acceptors (Lipinski definition) is 2. The number of nitrogens with one attached hydrogen (secondary N) is 1. The van der Waals surface area contributed by atoms with Crippen molar-refractivity contribution in [2.45, 2.75) is 32.2 Å². The largest absolute Gasteiger partial charge is 0.344 e. The number of rotatable bonds is 2. The predicted molar refractivity (Wildman–Crippen MR) is 77.4 cm³/mol. The summed E-state index contributed by atoms with van der Waals surface area (Å²) in [7, 11) is 1.78. The quantitative estimate of drug-likeness (QED) is 0.893. The Labute approximate surface area is 119 Å². The van der Waals surface area contributed by atoms with Crippen LogP contribution in [0.4, 0.5) is 5.69 Å². The molecule has 4 nitrogen and oxygen atoms in total. The van der Waals surface area contributed by atoms with Crippen LogP contribution in [0.5, 0.6) is 0 Å². The Kier molecular flexibility index (Phi) is 3.24. The van der Waals surface area contributed by atoms with Crippen molar-refractivity contribution < 1.29 is 9.59 Å². The van der Waals surface area contributed by atoms with E-state index in [9.17, 15) is 9.59 Å². The number of aryl methyl sites for hydroxylation is 1. The molecule has 20 heavy (non-hydrogen) atoms. The molecule has 0 radical (unpaired) electrons. The van der Waals surface area contributed by atoms with Gasteiger partial charge in [0, 0.05) is 18.7 Å². The number of carbonyl (C=O) groups is 2. The zero-order chi connectivity index (χ0) is 14.3. The van der Waals surface area contributed by atoms with Crippen molar-refractivity contribution in [2.75, 3.05) is 11.9 Å². The first-order chi connectivity index (χ1) is 9.58. The van der Waals surface area contributed by atoms with E-state index in [2.05, 4.69) is 5.32 Å². The van der Waals surface area contributed by atoms with E-state index in [1.807, 2.05) is 31.2 Å². The number of benzene rings is 1. The van der Waals surface area contributed by atoms with Crippen LogP contribution in [0.1, 0.15) is 24.8 Å². The van der Waals surface area contributed by atoms with Gasteiger partial charge in [0.25, 0.3) is 0 Å². The first-order valence-corrected chi connectivity index (χ1v) is 7.22. The lowest BCUT2D eigenvalue weighted by Gasteiger charge is -2.24. The smallest absolute Gasteiger partial charge is 0.249 e. The molecule has 0 bridgehead atoms. The number of fused-ring (bicyclic) bond motifs is 1. The molecule has 1 saturated carbocycles. The second-order valence-corrected chi connectivity index (χ2v) is 5.92. The maximum absolute atomic E-state index is 12.7. The summed E-state index contributed by atoms with van der Waals surface area (Å²) in [4.78, 5) is 26.2. The highest BCUT2D eigenvalue weighted by molar-refractivity contribution is 6.01. The summed E-state index contributed by atoms with van der Waals surface area (Å²) in [5, 5.41) is 2.89. The average molecular weight is 272 g/mol. The number of hydrogen-bond donors (Lipinski definition) is 1. The molecule has 3 rings (SSSR count). The molecule has 1 aromatic rings. The topological polar surface area (TPSA) is 49.4 Å². The molecule has 2 fully saturated rings. The Bertz CT molecular complexity index is 555. The van der Waals surface area contributed by atoms with Crippen LogP contribution < -0.4 is 10.2 Å². The molecule has 3 atom stereocenters. The first kappa shape index (κ1) is 13.2. The van der Waals surface area contributed by atoms with Crippen LogP contribution in [0.15, 0.2) is 24.3 Å². The number of amides is 2. The lowest BCUT2D eigenvalue weighted by atomic mass is 9.93. The van der Waals surface area contributed by atoms with Gasteiger partial charge in [0.2, 0.25) is 11.8 Å². The third-order valence-corrected chi connectivity index (χ3v) is 4.62. The van der Waals surface area contributed by atoms with E-state index in [1.54, 1.807) is 11.9 Å². The Morgan fingerprint density at radius 2 is 2.15 bits per heavy atom. The van der Waals surface area contributed by atoms with E-state index < -0.39 is 0 Å². The number of anilines is 1. The zero-order valence-electron chi connectivity index (χ0n) is 11.9. The molecular weight excluding hydrogens is 252 g/mol. The lowest BCUT2D eigenvalue weighted by molar-refractivity contribution is -0.125. The van der Waals surface area contributed by atoms with Gasteiger partial charge >= 0.3 is 0 Å². The Morgan fingerprint density at radius 3 is 2.90 bits per heavy atom. The number of nitrogens with zero attached hydrogens (tertiary/aromatic N) is 1. The van der Waals surface area contributed by atoms with Crippen molar-refractivity contribution in [3.63, 3.8) is 0 Å². The number of likely N-dealkylation sites (N-methyl/N-ethyl adjacent to an activating group) is 1. The van der Waals surface area contributed by atoms with E-state index in [-0.39, 0.29) is 29.7 Å². The number of carbonyl (C=O) groups excluding carboxylic acids is 2. The molecule has 106 valence electrons. The summed E-state index contributed by atoms with van der Waals surface area (Å²) in [6.45, 7) is 2.01. The van der Waals surface area contributed by atoms with Gasteiger partial charge in [-0.25, -0.2) is 0 Å². The van der Waals surface area contributed by atoms with E-state index in [1.165, 1.54) is 0 Å². The van der Waals surface area contributed by atoms with Crippen LogP contribution in [0.2, 0.25) is 0 Å².